The summed E-state index contributed by atoms with van der Waals surface area (Å²) < 4.78 is 89.8. The maximum atomic E-state index is 15.4. The number of rotatable bonds is 12. The summed E-state index contributed by atoms with van der Waals surface area (Å²) in [6, 6.07) is 91.6. The van der Waals surface area contributed by atoms with Crippen molar-refractivity contribution in [1.82, 2.24) is 0 Å². The molecule has 20 aromatic carbocycles. The van der Waals surface area contributed by atoms with E-state index in [0.29, 0.717) is 11.4 Å². The SMILES string of the molecule is Cc1c(C)c2c(C)c(C)c3c(C)c(C)c(C)c4c(C)c(C)c(c1C)c2c34.Fc1ccc(N(c2ccccc2)c2ccc3ccc4c(N(c5ccccc5)c5ccc(F)cc5)ccc5ccc2c3c54)cc1.Fc1ccccc1N(c1ccccc1F)c1ccc2ccc3c(N(c4ccccc4F)c4ccccc4F)ccc4ccc1c2c43. The number of nitrogens with zero attached hydrogens (tertiary/aromatic N) is 4. The van der Waals surface area contributed by atoms with E-state index in [0.717, 1.165) is 98.8 Å². The third-order valence-corrected chi connectivity index (χ3v) is 24.4. The van der Waals surface area contributed by atoms with Crippen LogP contribution in [0.5, 0.6) is 0 Å². The quantitative estimate of drug-likeness (QED) is 0.0893. The molecule has 10 heteroatoms. The third-order valence-electron chi connectivity index (χ3n) is 24.4. The van der Waals surface area contributed by atoms with Crippen LogP contribution in [0.3, 0.4) is 0 Å². The molecule has 0 saturated heterocycles. The van der Waals surface area contributed by atoms with Crippen molar-refractivity contribution in [2.75, 3.05) is 19.6 Å². The van der Waals surface area contributed by atoms with Gasteiger partial charge in [0.25, 0.3) is 0 Å². The van der Waals surface area contributed by atoms with Crippen molar-refractivity contribution >= 4 is 165 Å². The third kappa shape index (κ3) is 12.1. The normalized spacial score (nSPS) is 11.6. The molecule has 0 unspecified atom stereocenters. The van der Waals surface area contributed by atoms with Crippen molar-refractivity contribution in [1.29, 1.82) is 0 Å². The minimum atomic E-state index is -0.496. The van der Waals surface area contributed by atoms with E-state index >= 15 is 17.6 Å². The van der Waals surface area contributed by atoms with E-state index in [-0.39, 0.29) is 34.4 Å². The van der Waals surface area contributed by atoms with Gasteiger partial charge in [-0.05, 0) is 346 Å². The summed E-state index contributed by atoms with van der Waals surface area (Å²) in [5.74, 6) is -2.52. The van der Waals surface area contributed by atoms with E-state index in [9.17, 15) is 8.78 Å². The van der Waals surface area contributed by atoms with Crippen molar-refractivity contribution in [3.05, 3.63) is 394 Å². The van der Waals surface area contributed by atoms with Gasteiger partial charge in [-0.15, -0.1) is 0 Å². The Morgan fingerprint density at radius 3 is 0.612 bits per heavy atom. The Labute approximate surface area is 670 Å². The Morgan fingerprint density at radius 1 is 0.155 bits per heavy atom. The van der Waals surface area contributed by atoms with Crippen molar-refractivity contribution in [3.8, 4) is 0 Å². The second-order valence-electron chi connectivity index (χ2n) is 30.5. The number of aryl methyl sites for hydroxylation is 8. The minimum Gasteiger partial charge on any atom is -0.310 e. The fraction of sp³-hybridized carbons (Fsp3) is 0.0943. The molecule has 0 aromatic heterocycles. The Kier molecular flexibility index (Phi) is 18.7. The van der Waals surface area contributed by atoms with Crippen LogP contribution in [0.2, 0.25) is 0 Å². The fourth-order valence-corrected chi connectivity index (χ4v) is 18.3. The van der Waals surface area contributed by atoms with Gasteiger partial charge in [0.2, 0.25) is 0 Å². The van der Waals surface area contributed by atoms with Crippen LogP contribution in [0.1, 0.15) is 55.6 Å². The minimum absolute atomic E-state index is 0.202. The Morgan fingerprint density at radius 2 is 0.362 bits per heavy atom. The van der Waals surface area contributed by atoms with Crippen LogP contribution < -0.4 is 19.6 Å². The lowest BCUT2D eigenvalue weighted by Gasteiger charge is -2.29. The second kappa shape index (κ2) is 29.4. The van der Waals surface area contributed by atoms with Crippen molar-refractivity contribution in [3.63, 3.8) is 0 Å². The van der Waals surface area contributed by atoms with Gasteiger partial charge in [0, 0.05) is 44.3 Å². The molecular weight excluding hydrogens is 1440 g/mol. The second-order valence-corrected chi connectivity index (χ2v) is 30.5. The molecule has 0 atom stereocenters. The number of hydrogen-bond donors (Lipinski definition) is 0. The summed E-state index contributed by atoms with van der Waals surface area (Å²) >= 11 is 0. The molecule has 0 spiro atoms. The van der Waals surface area contributed by atoms with Gasteiger partial charge in [0.15, 0.2) is 0 Å². The zero-order chi connectivity index (χ0) is 80.2. The highest BCUT2D eigenvalue weighted by Crippen LogP contribution is 2.53. The average molecular weight is 1520 g/mol. The molecule has 116 heavy (non-hydrogen) atoms. The van der Waals surface area contributed by atoms with Gasteiger partial charge in [-0.3, -0.25) is 0 Å². The van der Waals surface area contributed by atoms with Crippen LogP contribution in [0, 0.1) is 104 Å². The molecule has 0 aliphatic carbocycles. The summed E-state index contributed by atoms with van der Waals surface area (Å²) in [5.41, 5.74) is 22.3. The highest BCUT2D eigenvalue weighted by Gasteiger charge is 2.30. The van der Waals surface area contributed by atoms with Crippen LogP contribution in [-0.4, -0.2) is 0 Å². The molecule has 0 bridgehead atoms. The monoisotopic (exact) mass is 1520 g/mol. The van der Waals surface area contributed by atoms with Gasteiger partial charge in [-0.1, -0.05) is 158 Å². The fourth-order valence-electron chi connectivity index (χ4n) is 18.3. The maximum Gasteiger partial charge on any atom is 0.147 e. The molecule has 0 heterocycles. The van der Waals surface area contributed by atoms with E-state index in [1.54, 1.807) is 82.6 Å². The molecule has 0 fully saturated rings. The number of halogens is 6. The average Bonchev–Trinajstić information content (AvgIpc) is 0.685. The molecule has 0 radical (unpaired) electrons. The lowest BCUT2D eigenvalue weighted by molar-refractivity contribution is 0.619. The summed E-state index contributed by atoms with van der Waals surface area (Å²) in [7, 11) is 0. The standard InChI is InChI=1S/C40H24F4N2.C40H26F2N2.C26H30/c41-29-9-1-5-13-35(29)45(36-14-6-2-10-30(36)42)33-23-19-25-18-22-28-34(24-20-26-17-21-27(33)39(25)40(26)28)46(37-15-7-3-11-31(37)43)38-16-8-4-12-32(38)44;41-29-15-19-33(20-16-29)43(31-7-3-1-4-8-31)37-25-13-27-12-24-36-38(26-14-28-11-23-35(37)39(27)40(28)36)44(32-9-5-2-6-10-32)34-21-17-30(42)18-22-34;1-11-13(3)21-17(7)19(9)23-15(5)12(2)16(6)24-20(10)18(8)22(14(11)4)25(21)26(23)24/h1-24H;1-26H;1-10H3. The summed E-state index contributed by atoms with van der Waals surface area (Å²) in [5, 5.41) is 20.9. The first-order chi connectivity index (χ1) is 56.3. The molecule has 20 aromatic rings. The van der Waals surface area contributed by atoms with E-state index in [1.807, 2.05) is 109 Å². The highest BCUT2D eigenvalue weighted by molar-refractivity contribution is 6.31. The molecule has 0 amide bonds. The van der Waals surface area contributed by atoms with E-state index < -0.39 is 23.3 Å². The molecule has 0 aliphatic rings. The van der Waals surface area contributed by atoms with Gasteiger partial charge in [-0.25, -0.2) is 26.3 Å². The first-order valence-corrected chi connectivity index (χ1v) is 39.1. The molecular formula is C106H80F6N4. The molecule has 4 nitrogen and oxygen atoms in total. The van der Waals surface area contributed by atoms with Crippen molar-refractivity contribution in [2.45, 2.75) is 69.2 Å². The Balaban J connectivity index is 0.000000125. The number of hydrogen-bond acceptors (Lipinski definition) is 4. The molecule has 0 N–H and O–H groups in total. The predicted octanol–water partition coefficient (Wildman–Crippen LogP) is 31.6. The number of anilines is 12. The zero-order valence-corrected chi connectivity index (χ0v) is 65.9. The van der Waals surface area contributed by atoms with Gasteiger partial charge >= 0.3 is 0 Å². The van der Waals surface area contributed by atoms with Crippen LogP contribution >= 0.6 is 0 Å². The Bertz CT molecular complexity index is 6610. The number of para-hydroxylation sites is 6. The van der Waals surface area contributed by atoms with Gasteiger partial charge in [-0.2, -0.15) is 0 Å². The highest BCUT2D eigenvalue weighted by atomic mass is 19.1. The van der Waals surface area contributed by atoms with Gasteiger partial charge < -0.3 is 19.6 Å². The molecule has 566 valence electrons. The lowest BCUT2D eigenvalue weighted by atomic mass is 9.77. The largest absolute Gasteiger partial charge is 0.310 e. The number of benzene rings is 20. The lowest BCUT2D eigenvalue weighted by Crippen LogP contribution is -2.14. The topological polar surface area (TPSA) is 13.0 Å². The van der Waals surface area contributed by atoms with Gasteiger partial charge in [0.05, 0.1) is 45.5 Å². The molecule has 0 saturated carbocycles. The van der Waals surface area contributed by atoms with Gasteiger partial charge in [0.1, 0.15) is 34.9 Å². The molecule has 0 aliphatic heterocycles. The predicted molar refractivity (Wildman–Crippen MR) is 476 cm³/mol. The van der Waals surface area contributed by atoms with Crippen LogP contribution in [0.15, 0.2) is 303 Å². The maximum absolute atomic E-state index is 15.4. The molecule has 20 rings (SSSR count). The zero-order valence-electron chi connectivity index (χ0n) is 65.9. The van der Waals surface area contributed by atoms with E-state index in [4.69, 9.17) is 0 Å². The van der Waals surface area contributed by atoms with Crippen molar-refractivity contribution < 1.29 is 26.3 Å². The van der Waals surface area contributed by atoms with E-state index in [2.05, 4.69) is 152 Å². The summed E-state index contributed by atoms with van der Waals surface area (Å²) in [6.45, 7) is 23.1. The smallest absolute Gasteiger partial charge is 0.147 e. The first kappa shape index (κ1) is 73.8. The summed E-state index contributed by atoms with van der Waals surface area (Å²) in [6.07, 6.45) is 0. The van der Waals surface area contributed by atoms with Crippen LogP contribution in [0.4, 0.5) is 94.6 Å². The van der Waals surface area contributed by atoms with Crippen LogP contribution in [0.25, 0.3) is 97.0 Å². The van der Waals surface area contributed by atoms with Crippen molar-refractivity contribution in [2.24, 2.45) is 0 Å². The first-order valence-electron chi connectivity index (χ1n) is 39.1. The van der Waals surface area contributed by atoms with E-state index in [1.165, 1.54) is 136 Å². The van der Waals surface area contributed by atoms with Crippen LogP contribution in [-0.2, 0) is 0 Å². The summed E-state index contributed by atoms with van der Waals surface area (Å²) in [4.78, 5) is 7.56. The Hall–Kier alpha value is -13.7.